The fourth-order valence-electron chi connectivity index (χ4n) is 2.11. The molecule has 0 N–H and O–H groups in total. The van der Waals surface area contributed by atoms with Crippen molar-refractivity contribution in [3.05, 3.63) is 63.3 Å². The van der Waals surface area contributed by atoms with Crippen LogP contribution >= 0.6 is 22.7 Å². The van der Waals surface area contributed by atoms with Gasteiger partial charge in [0.15, 0.2) is 0 Å². The molecule has 0 spiro atoms. The van der Waals surface area contributed by atoms with E-state index < -0.39 is 5.97 Å². The van der Waals surface area contributed by atoms with Crippen molar-refractivity contribution in [2.24, 2.45) is 0 Å². The van der Waals surface area contributed by atoms with Gasteiger partial charge >= 0.3 is 5.97 Å². The second kappa shape index (κ2) is 8.43. The number of carbonyl (C=O) groups excluding carboxylic acids is 1. The van der Waals surface area contributed by atoms with Gasteiger partial charge in [-0.25, -0.2) is 9.78 Å². The molecule has 0 aliphatic heterocycles. The van der Waals surface area contributed by atoms with E-state index in [-0.39, 0.29) is 12.2 Å². The highest BCUT2D eigenvalue weighted by atomic mass is 32.1. The highest BCUT2D eigenvalue weighted by molar-refractivity contribution is 7.14. The first-order valence-corrected chi connectivity index (χ1v) is 9.42. The number of ether oxygens (including phenoxy) is 2. The lowest BCUT2D eigenvalue weighted by Crippen LogP contribution is -2.07. The number of thiophene rings is 1. The summed E-state index contributed by atoms with van der Waals surface area (Å²) in [5.74, 6) is 0.0293. The van der Waals surface area contributed by atoms with Crippen molar-refractivity contribution in [3.63, 3.8) is 0 Å². The van der Waals surface area contributed by atoms with Crippen LogP contribution in [0.15, 0.2) is 52.0 Å². The summed E-state index contributed by atoms with van der Waals surface area (Å²) < 4.78 is 10.3. The fourth-order valence-corrected chi connectivity index (χ4v) is 3.63. The van der Waals surface area contributed by atoms with E-state index >= 15 is 0 Å². The largest absolute Gasteiger partial charge is 0.497 e. The molecule has 2 aromatic heterocycles. The van der Waals surface area contributed by atoms with Crippen LogP contribution in [-0.2, 0) is 16.1 Å². The second-order valence-corrected chi connectivity index (χ2v) is 6.81. The van der Waals surface area contributed by atoms with Crippen LogP contribution in [-0.4, -0.2) is 18.1 Å². The van der Waals surface area contributed by atoms with E-state index in [1.165, 1.54) is 17.4 Å². The van der Waals surface area contributed by atoms with Gasteiger partial charge in [0.2, 0.25) is 0 Å². The molecule has 5 nitrogen and oxygen atoms in total. The van der Waals surface area contributed by atoms with Crippen molar-refractivity contribution in [3.8, 4) is 22.4 Å². The highest BCUT2D eigenvalue weighted by Crippen LogP contribution is 2.26. The highest BCUT2D eigenvalue weighted by Gasteiger charge is 2.13. The first-order chi connectivity index (χ1) is 12.7. The minimum Gasteiger partial charge on any atom is -0.497 e. The maximum Gasteiger partial charge on any atom is 0.349 e. The van der Waals surface area contributed by atoms with Gasteiger partial charge in [-0.3, -0.25) is 0 Å². The van der Waals surface area contributed by atoms with Crippen LogP contribution in [0.4, 0.5) is 0 Å². The third-order valence-corrected chi connectivity index (χ3v) is 5.06. The van der Waals surface area contributed by atoms with E-state index in [1.807, 2.05) is 28.3 Å². The molecule has 26 heavy (non-hydrogen) atoms. The Morgan fingerprint density at radius 3 is 2.73 bits per heavy atom. The molecule has 0 saturated carbocycles. The van der Waals surface area contributed by atoms with E-state index in [0.717, 1.165) is 10.6 Å². The van der Waals surface area contributed by atoms with Gasteiger partial charge < -0.3 is 9.47 Å². The van der Waals surface area contributed by atoms with E-state index in [4.69, 9.17) is 9.47 Å². The van der Waals surface area contributed by atoms with Crippen LogP contribution in [0.25, 0.3) is 16.6 Å². The number of esters is 1. The van der Waals surface area contributed by atoms with Gasteiger partial charge in [0, 0.05) is 16.3 Å². The van der Waals surface area contributed by atoms with E-state index in [1.54, 1.807) is 42.7 Å². The Balaban J connectivity index is 1.64. The first-order valence-electron chi connectivity index (χ1n) is 7.59. The van der Waals surface area contributed by atoms with Crippen molar-refractivity contribution in [1.82, 2.24) is 4.98 Å². The lowest BCUT2D eigenvalue weighted by atomic mass is 10.1. The number of rotatable bonds is 6. The van der Waals surface area contributed by atoms with Crippen molar-refractivity contribution >= 4 is 34.7 Å². The summed E-state index contributed by atoms with van der Waals surface area (Å²) in [6.07, 6.45) is 1.49. The van der Waals surface area contributed by atoms with Gasteiger partial charge in [0.05, 0.1) is 12.8 Å². The third-order valence-electron chi connectivity index (χ3n) is 3.44. The Hall–Kier alpha value is -2.95. The molecule has 0 unspecified atom stereocenters. The maximum atomic E-state index is 12.2. The molecule has 1 aromatic carbocycles. The topological polar surface area (TPSA) is 72.2 Å². The van der Waals surface area contributed by atoms with E-state index in [0.29, 0.717) is 17.0 Å². The second-order valence-electron chi connectivity index (χ2n) is 5.18. The minimum atomic E-state index is -0.673. The molecule has 0 saturated heterocycles. The summed E-state index contributed by atoms with van der Waals surface area (Å²) in [5, 5.41) is 16.0. The zero-order valence-corrected chi connectivity index (χ0v) is 15.5. The number of aromatic nitrogens is 1. The smallest absolute Gasteiger partial charge is 0.349 e. The molecule has 0 amide bonds. The number of carbonyl (C=O) groups is 1. The van der Waals surface area contributed by atoms with Gasteiger partial charge in [-0.1, -0.05) is 12.1 Å². The van der Waals surface area contributed by atoms with Crippen molar-refractivity contribution in [2.75, 3.05) is 7.11 Å². The predicted molar refractivity (Wildman–Crippen MR) is 102 cm³/mol. The molecular weight excluding hydrogens is 368 g/mol. The number of thiazole rings is 1. The Morgan fingerprint density at radius 1 is 1.27 bits per heavy atom. The van der Waals surface area contributed by atoms with Crippen molar-refractivity contribution in [2.45, 2.75) is 6.61 Å². The third kappa shape index (κ3) is 4.36. The number of hydrogen-bond acceptors (Lipinski definition) is 7. The summed E-state index contributed by atoms with van der Waals surface area (Å²) in [6, 6.07) is 10.9. The van der Waals surface area contributed by atoms with Crippen LogP contribution in [0.5, 0.6) is 5.75 Å². The van der Waals surface area contributed by atoms with Crippen molar-refractivity contribution in [1.29, 1.82) is 5.26 Å². The molecule has 0 fully saturated rings. The summed E-state index contributed by atoms with van der Waals surface area (Å²) in [5.41, 5.74) is 2.36. The number of methoxy groups -OCH3 is 1. The van der Waals surface area contributed by atoms with Crippen molar-refractivity contribution < 1.29 is 14.3 Å². The Bertz CT molecular complexity index is 952. The molecule has 7 heteroatoms. The molecule has 3 aromatic rings. The average Bonchev–Trinajstić information content (AvgIpc) is 3.36. The molecule has 0 aliphatic carbocycles. The maximum absolute atomic E-state index is 12.2. The Labute approximate surface area is 158 Å². The summed E-state index contributed by atoms with van der Waals surface area (Å²) in [6.45, 7) is 0.0289. The SMILES string of the molecule is COc1ccc(/C=C(\C#N)C(=O)OCc2csc(-c3ccsc3)n2)cc1. The number of nitriles is 1. The van der Waals surface area contributed by atoms with Gasteiger partial charge in [-0.05, 0) is 35.2 Å². The zero-order chi connectivity index (χ0) is 18.4. The van der Waals surface area contributed by atoms with Gasteiger partial charge in [0.1, 0.15) is 29.0 Å². The van der Waals surface area contributed by atoms with Crippen LogP contribution in [0, 0.1) is 11.3 Å². The van der Waals surface area contributed by atoms with Crippen LogP contribution < -0.4 is 4.74 Å². The molecule has 3 rings (SSSR count). The molecule has 0 bridgehead atoms. The van der Waals surface area contributed by atoms with E-state index in [9.17, 15) is 10.1 Å². The van der Waals surface area contributed by atoms with Gasteiger partial charge in [-0.2, -0.15) is 16.6 Å². The Kier molecular flexibility index (Phi) is 5.79. The molecular formula is C19H14N2O3S2. The standard InChI is InChI=1S/C19H14N2O3S2/c1-23-17-4-2-13(3-5-17)8-15(9-20)19(22)24-10-16-12-26-18(21-16)14-6-7-25-11-14/h2-8,11-12H,10H2,1H3/b15-8+. The lowest BCUT2D eigenvalue weighted by Gasteiger charge is -2.02. The summed E-state index contributed by atoms with van der Waals surface area (Å²) >= 11 is 3.09. The lowest BCUT2D eigenvalue weighted by molar-refractivity contribution is -0.139. The van der Waals surface area contributed by atoms with Crippen LogP contribution in [0.2, 0.25) is 0 Å². The average molecular weight is 382 g/mol. The summed E-state index contributed by atoms with van der Waals surface area (Å²) in [4.78, 5) is 16.6. The fraction of sp³-hybridized carbons (Fsp3) is 0.105. The first kappa shape index (κ1) is 17.9. The number of benzene rings is 1. The zero-order valence-electron chi connectivity index (χ0n) is 13.8. The molecule has 0 radical (unpaired) electrons. The Morgan fingerprint density at radius 2 is 2.08 bits per heavy atom. The molecule has 0 atom stereocenters. The normalized spacial score (nSPS) is 11.0. The monoisotopic (exact) mass is 382 g/mol. The number of nitrogens with zero attached hydrogens (tertiary/aromatic N) is 2. The van der Waals surface area contributed by atoms with Crippen LogP contribution in [0.3, 0.4) is 0 Å². The predicted octanol–water partition coefficient (Wildman–Crippen LogP) is 4.53. The molecule has 0 aliphatic rings. The number of hydrogen-bond donors (Lipinski definition) is 0. The molecule has 2 heterocycles. The molecule has 130 valence electrons. The van der Waals surface area contributed by atoms with Crippen LogP contribution in [0.1, 0.15) is 11.3 Å². The van der Waals surface area contributed by atoms with Gasteiger partial charge in [-0.15, -0.1) is 11.3 Å². The minimum absolute atomic E-state index is 0.0289. The quantitative estimate of drug-likeness (QED) is 0.356. The van der Waals surface area contributed by atoms with Gasteiger partial charge in [0.25, 0.3) is 0 Å². The van der Waals surface area contributed by atoms with E-state index in [2.05, 4.69) is 4.98 Å². The summed E-state index contributed by atoms with van der Waals surface area (Å²) in [7, 11) is 1.57.